The molecule has 2 rings (SSSR count). The van der Waals surface area contributed by atoms with E-state index in [0.29, 0.717) is 0 Å². The van der Waals surface area contributed by atoms with Crippen molar-refractivity contribution in [2.24, 2.45) is 0 Å². The van der Waals surface area contributed by atoms with E-state index in [4.69, 9.17) is 4.74 Å². The lowest BCUT2D eigenvalue weighted by atomic mass is 10.4. The van der Waals surface area contributed by atoms with Crippen LogP contribution in [0.1, 0.15) is 5.69 Å². The molecule has 0 spiro atoms. The molecule has 0 unspecified atom stereocenters. The molecule has 0 bridgehead atoms. The molecule has 0 saturated heterocycles. The van der Waals surface area contributed by atoms with Gasteiger partial charge in [0, 0.05) is 0 Å². The van der Waals surface area contributed by atoms with Crippen LogP contribution in [0, 0.1) is 0 Å². The highest BCUT2D eigenvalue weighted by molar-refractivity contribution is 7.90. The van der Waals surface area contributed by atoms with Crippen LogP contribution in [0.3, 0.4) is 0 Å². The van der Waals surface area contributed by atoms with E-state index >= 15 is 0 Å². The monoisotopic (exact) mass is 265 g/mol. The minimum Gasteiger partial charge on any atom is -0.479 e. The van der Waals surface area contributed by atoms with Crippen LogP contribution in [-0.4, -0.2) is 30.7 Å². The first kappa shape index (κ1) is 12.4. The summed E-state index contributed by atoms with van der Waals surface area (Å²) in [5.74, 6) is -0.146. The van der Waals surface area contributed by atoms with Gasteiger partial charge in [0.25, 0.3) is 5.88 Å². The first-order valence-corrected chi connectivity index (χ1v) is 6.77. The summed E-state index contributed by atoms with van der Waals surface area (Å²) in [4.78, 5) is 4.12. The third kappa shape index (κ3) is 2.62. The summed E-state index contributed by atoms with van der Waals surface area (Å²) in [5, 5.41) is 7.21. The second-order valence-electron chi connectivity index (χ2n) is 3.49. The molecule has 1 heterocycles. The molecule has 0 saturated carbocycles. The summed E-state index contributed by atoms with van der Waals surface area (Å²) in [6.45, 7) is 0. The molecule has 94 valence electrons. The van der Waals surface area contributed by atoms with Crippen molar-refractivity contribution < 1.29 is 13.2 Å². The maximum absolute atomic E-state index is 12.1. The van der Waals surface area contributed by atoms with Crippen LogP contribution in [0.5, 0.6) is 5.88 Å². The molecule has 0 aliphatic heterocycles. The van der Waals surface area contributed by atoms with Gasteiger partial charge in [-0.25, -0.2) is 13.4 Å². The normalized spacial score (nSPS) is 11.2. The van der Waals surface area contributed by atoms with Gasteiger partial charge in [-0.05, 0) is 12.1 Å². The van der Waals surface area contributed by atoms with Crippen LogP contribution in [0.15, 0.2) is 41.6 Å². The molecule has 0 fully saturated rings. The molecule has 0 amide bonds. The third-order valence-corrected chi connectivity index (χ3v) is 3.93. The lowest BCUT2D eigenvalue weighted by molar-refractivity contribution is 0.384. The fraction of sp³-hybridized carbons (Fsp3) is 0.182. The van der Waals surface area contributed by atoms with Crippen LogP contribution in [0.2, 0.25) is 0 Å². The zero-order valence-corrected chi connectivity index (χ0v) is 10.5. The number of ether oxygens (including phenoxy) is 1. The lowest BCUT2D eigenvalue weighted by Crippen LogP contribution is -2.09. The smallest absolute Gasteiger partial charge is 0.256 e. The summed E-state index contributed by atoms with van der Waals surface area (Å²) in [6, 6.07) is 8.17. The van der Waals surface area contributed by atoms with Gasteiger partial charge in [0.05, 0.1) is 12.0 Å². The van der Waals surface area contributed by atoms with E-state index in [2.05, 4.69) is 15.2 Å². The van der Waals surface area contributed by atoms with Crippen molar-refractivity contribution in [1.82, 2.24) is 15.2 Å². The lowest BCUT2D eigenvalue weighted by Gasteiger charge is -2.06. The summed E-state index contributed by atoms with van der Waals surface area (Å²) in [6.07, 6.45) is 1.19. The molecule has 2 aromatic rings. The molecule has 0 atom stereocenters. The van der Waals surface area contributed by atoms with Crippen LogP contribution < -0.4 is 4.74 Å². The van der Waals surface area contributed by atoms with Gasteiger partial charge in [-0.2, -0.15) is 0 Å². The highest BCUT2D eigenvalue weighted by atomic mass is 32.2. The number of aromatic nitrogens is 3. The number of benzene rings is 1. The van der Waals surface area contributed by atoms with Gasteiger partial charge < -0.3 is 4.74 Å². The Morgan fingerprint density at radius 2 is 1.94 bits per heavy atom. The molecule has 1 aromatic heterocycles. The number of hydrogen-bond acceptors (Lipinski definition) is 6. The van der Waals surface area contributed by atoms with Gasteiger partial charge in [-0.3, -0.25) is 0 Å². The van der Waals surface area contributed by atoms with Gasteiger partial charge in [-0.15, -0.1) is 10.2 Å². The zero-order valence-electron chi connectivity index (χ0n) is 9.65. The fourth-order valence-electron chi connectivity index (χ4n) is 1.44. The summed E-state index contributed by atoms with van der Waals surface area (Å²) in [5.41, 5.74) is 0.247. The molecule has 1 aromatic carbocycles. The van der Waals surface area contributed by atoms with E-state index in [1.54, 1.807) is 18.2 Å². The molecule has 0 aliphatic rings. The molecule has 0 radical (unpaired) electrons. The van der Waals surface area contributed by atoms with Crippen molar-refractivity contribution in [3.8, 4) is 5.88 Å². The van der Waals surface area contributed by atoms with E-state index in [0.717, 1.165) is 0 Å². The van der Waals surface area contributed by atoms with Crippen LogP contribution in [-0.2, 0) is 15.6 Å². The standard InChI is InChI=1S/C11H11N3O3S/c1-17-11-10(12-8-13-14-11)7-18(15,16)9-5-3-2-4-6-9/h2-6,8H,7H2,1H3. The van der Waals surface area contributed by atoms with Crippen LogP contribution in [0.4, 0.5) is 0 Å². The molecule has 7 heteroatoms. The van der Waals surface area contributed by atoms with E-state index in [1.165, 1.54) is 25.6 Å². The first-order valence-electron chi connectivity index (χ1n) is 5.12. The predicted octanol–water partition coefficient (Wildman–Crippen LogP) is 0.854. The quantitative estimate of drug-likeness (QED) is 0.815. The third-order valence-electron chi connectivity index (χ3n) is 2.28. The second-order valence-corrected chi connectivity index (χ2v) is 5.48. The largest absolute Gasteiger partial charge is 0.479 e. The number of hydrogen-bond donors (Lipinski definition) is 0. The Labute approximate surface area is 105 Å². The van der Waals surface area contributed by atoms with E-state index in [9.17, 15) is 8.42 Å². The first-order chi connectivity index (χ1) is 8.63. The molecule has 18 heavy (non-hydrogen) atoms. The highest BCUT2D eigenvalue weighted by Gasteiger charge is 2.19. The van der Waals surface area contributed by atoms with E-state index in [1.807, 2.05) is 0 Å². The van der Waals surface area contributed by atoms with Crippen molar-refractivity contribution >= 4 is 9.84 Å². The van der Waals surface area contributed by atoms with Crippen LogP contribution in [0.25, 0.3) is 0 Å². The molecular formula is C11H11N3O3S. The topological polar surface area (TPSA) is 82.0 Å². The molecular weight excluding hydrogens is 254 g/mol. The zero-order chi connectivity index (χ0) is 13.0. The average Bonchev–Trinajstić information content (AvgIpc) is 2.40. The predicted molar refractivity (Wildman–Crippen MR) is 63.7 cm³/mol. The van der Waals surface area contributed by atoms with Crippen molar-refractivity contribution in [3.05, 3.63) is 42.4 Å². The Morgan fingerprint density at radius 1 is 1.22 bits per heavy atom. The van der Waals surface area contributed by atoms with E-state index in [-0.39, 0.29) is 22.2 Å². The minimum atomic E-state index is -3.46. The number of methoxy groups -OCH3 is 1. The molecule has 0 N–H and O–H groups in total. The summed E-state index contributed by atoms with van der Waals surface area (Å²) < 4.78 is 29.2. The maximum atomic E-state index is 12.1. The van der Waals surface area contributed by atoms with Gasteiger partial charge >= 0.3 is 0 Å². The number of rotatable bonds is 4. The summed E-state index contributed by atoms with van der Waals surface area (Å²) >= 11 is 0. The Morgan fingerprint density at radius 3 is 2.61 bits per heavy atom. The number of nitrogens with zero attached hydrogens (tertiary/aromatic N) is 3. The van der Waals surface area contributed by atoms with Gasteiger partial charge in [0.2, 0.25) is 0 Å². The molecule has 6 nitrogen and oxygen atoms in total. The highest BCUT2D eigenvalue weighted by Crippen LogP contribution is 2.18. The van der Waals surface area contributed by atoms with Crippen molar-refractivity contribution in [2.45, 2.75) is 10.6 Å². The summed E-state index contributed by atoms with van der Waals surface area (Å²) in [7, 11) is -2.06. The van der Waals surface area contributed by atoms with Crippen LogP contribution >= 0.6 is 0 Å². The number of sulfone groups is 1. The molecule has 0 aliphatic carbocycles. The van der Waals surface area contributed by atoms with Gasteiger partial charge in [0.15, 0.2) is 9.84 Å². The Bertz CT molecular complexity index is 629. The Balaban J connectivity index is 2.34. The Kier molecular flexibility index (Phi) is 3.52. The maximum Gasteiger partial charge on any atom is 0.256 e. The van der Waals surface area contributed by atoms with Crippen molar-refractivity contribution in [2.75, 3.05) is 7.11 Å². The minimum absolute atomic E-state index is 0.122. The Hall–Kier alpha value is -2.02. The van der Waals surface area contributed by atoms with Gasteiger partial charge in [0.1, 0.15) is 17.8 Å². The van der Waals surface area contributed by atoms with Crippen molar-refractivity contribution in [1.29, 1.82) is 0 Å². The van der Waals surface area contributed by atoms with Gasteiger partial charge in [-0.1, -0.05) is 18.2 Å². The van der Waals surface area contributed by atoms with E-state index < -0.39 is 9.84 Å². The average molecular weight is 265 g/mol. The SMILES string of the molecule is COc1nncnc1CS(=O)(=O)c1ccccc1. The second kappa shape index (κ2) is 5.09. The van der Waals surface area contributed by atoms with Crippen molar-refractivity contribution in [3.63, 3.8) is 0 Å². The fourth-order valence-corrected chi connectivity index (χ4v) is 2.73.